The van der Waals surface area contributed by atoms with Gasteiger partial charge in [0.05, 0.1) is 11.1 Å². The number of rotatable bonds is 3. The van der Waals surface area contributed by atoms with Gasteiger partial charge in [0.2, 0.25) is 0 Å². The van der Waals surface area contributed by atoms with Gasteiger partial charge in [0, 0.05) is 17.3 Å². The minimum Gasteiger partial charge on any atom is -0.238 e. The fourth-order valence-electron chi connectivity index (χ4n) is 0.666. The Kier molecular flexibility index (Phi) is 2.70. The summed E-state index contributed by atoms with van der Waals surface area (Å²) in [5.74, 6) is 0.922. The predicted octanol–water partition coefficient (Wildman–Crippen LogP) is 2.29. The summed E-state index contributed by atoms with van der Waals surface area (Å²) < 4.78 is 4.88. The molecule has 0 aliphatic carbocycles. The molecule has 0 atom stereocenters. The van der Waals surface area contributed by atoms with Crippen molar-refractivity contribution in [3.8, 4) is 0 Å². The minimum atomic E-state index is 0.922. The lowest BCUT2D eigenvalue weighted by atomic mass is 10.6. The molecule has 2 aromatic heterocycles. The topological polar surface area (TPSA) is 38.7 Å². The summed E-state index contributed by atoms with van der Waals surface area (Å²) >= 11 is 4.82. The van der Waals surface area contributed by atoms with Crippen LogP contribution in [0.25, 0.3) is 0 Å². The van der Waals surface area contributed by atoms with Crippen molar-refractivity contribution >= 4 is 34.6 Å². The first kappa shape index (κ1) is 8.15. The van der Waals surface area contributed by atoms with Gasteiger partial charge in [-0.3, -0.25) is 0 Å². The molecule has 0 radical (unpaired) electrons. The molecule has 0 aromatic carbocycles. The highest BCUT2D eigenvalue weighted by Gasteiger charge is 1.99. The number of thioether (sulfide) groups is 1. The molecule has 3 nitrogen and oxygen atoms in total. The summed E-state index contributed by atoms with van der Waals surface area (Å²) in [5, 5.41) is 5.74. The monoisotopic (exact) mass is 215 g/mol. The first-order valence-corrected chi connectivity index (χ1v) is 5.87. The average molecular weight is 215 g/mol. The zero-order chi connectivity index (χ0) is 8.23. The van der Waals surface area contributed by atoms with Gasteiger partial charge in [-0.15, -0.1) is 16.4 Å². The van der Waals surface area contributed by atoms with Crippen molar-refractivity contribution in [1.82, 2.24) is 14.6 Å². The van der Waals surface area contributed by atoms with Crippen molar-refractivity contribution in [3.63, 3.8) is 0 Å². The lowest BCUT2D eigenvalue weighted by Gasteiger charge is -1.90. The van der Waals surface area contributed by atoms with Gasteiger partial charge >= 0.3 is 0 Å². The number of aromatic nitrogens is 3. The van der Waals surface area contributed by atoms with Crippen LogP contribution in [0.5, 0.6) is 0 Å². The third-order valence-corrected chi connectivity index (χ3v) is 4.01. The van der Waals surface area contributed by atoms with Crippen LogP contribution in [-0.2, 0) is 5.75 Å². The van der Waals surface area contributed by atoms with Crippen molar-refractivity contribution in [1.29, 1.82) is 0 Å². The van der Waals surface area contributed by atoms with Crippen molar-refractivity contribution in [2.24, 2.45) is 0 Å². The summed E-state index contributed by atoms with van der Waals surface area (Å²) in [6.07, 6.45) is 3.61. The molecule has 0 aliphatic rings. The van der Waals surface area contributed by atoms with Gasteiger partial charge in [0.25, 0.3) is 0 Å². The molecule has 62 valence electrons. The predicted molar refractivity (Wildman–Crippen MR) is 51.6 cm³/mol. The van der Waals surface area contributed by atoms with Gasteiger partial charge in [0.15, 0.2) is 0 Å². The van der Waals surface area contributed by atoms with E-state index < -0.39 is 0 Å². The summed E-state index contributed by atoms with van der Waals surface area (Å²) in [5.41, 5.74) is 0. The van der Waals surface area contributed by atoms with E-state index in [1.165, 1.54) is 16.4 Å². The van der Waals surface area contributed by atoms with Crippen LogP contribution in [0.1, 0.15) is 4.88 Å². The van der Waals surface area contributed by atoms with E-state index in [0.29, 0.717) is 0 Å². The van der Waals surface area contributed by atoms with Crippen LogP contribution in [-0.4, -0.2) is 14.6 Å². The molecule has 2 aromatic rings. The summed E-state index contributed by atoms with van der Waals surface area (Å²) in [6.45, 7) is 0. The smallest absolute Gasteiger partial charge is 0.150 e. The number of hydrogen-bond donors (Lipinski definition) is 0. The summed E-state index contributed by atoms with van der Waals surface area (Å²) in [4.78, 5) is 5.35. The fourth-order valence-corrected chi connectivity index (χ4v) is 2.80. The second-order valence-electron chi connectivity index (χ2n) is 1.97. The van der Waals surface area contributed by atoms with Crippen molar-refractivity contribution in [2.75, 3.05) is 0 Å². The molecule has 6 heteroatoms. The van der Waals surface area contributed by atoms with Gasteiger partial charge < -0.3 is 0 Å². The molecular weight excluding hydrogens is 210 g/mol. The highest BCUT2D eigenvalue weighted by Crippen LogP contribution is 2.24. The molecule has 0 saturated carbocycles. The highest BCUT2D eigenvalue weighted by atomic mass is 32.2. The molecule has 0 amide bonds. The Morgan fingerprint density at radius 1 is 1.50 bits per heavy atom. The maximum absolute atomic E-state index is 4.16. The Labute approximate surface area is 82.0 Å². The van der Waals surface area contributed by atoms with E-state index in [0.717, 1.165) is 10.1 Å². The second kappa shape index (κ2) is 3.97. The number of hydrogen-bond acceptors (Lipinski definition) is 6. The van der Waals surface area contributed by atoms with Gasteiger partial charge in [0.1, 0.15) is 4.34 Å². The Hall–Kier alpha value is -0.460. The van der Waals surface area contributed by atoms with Gasteiger partial charge in [-0.2, -0.15) is 0 Å². The van der Waals surface area contributed by atoms with Crippen LogP contribution in [0.4, 0.5) is 0 Å². The molecule has 0 unspecified atom stereocenters. The van der Waals surface area contributed by atoms with E-state index in [1.807, 2.05) is 11.6 Å². The van der Waals surface area contributed by atoms with E-state index in [2.05, 4.69) is 14.6 Å². The highest BCUT2D eigenvalue weighted by molar-refractivity contribution is 8.00. The van der Waals surface area contributed by atoms with E-state index in [-0.39, 0.29) is 0 Å². The zero-order valence-corrected chi connectivity index (χ0v) is 8.46. The average Bonchev–Trinajstić information content (AvgIpc) is 2.74. The molecule has 0 spiro atoms. The largest absolute Gasteiger partial charge is 0.238 e. The van der Waals surface area contributed by atoms with E-state index in [1.54, 1.807) is 29.3 Å². The molecule has 12 heavy (non-hydrogen) atoms. The molecule has 2 heterocycles. The second-order valence-corrected chi connectivity index (χ2v) is 4.96. The minimum absolute atomic E-state index is 0.922. The normalized spacial score (nSPS) is 10.3. The number of thiazole rings is 1. The SMILES string of the molecule is c1csc(SCc2cnns2)n1. The van der Waals surface area contributed by atoms with Crippen molar-refractivity contribution < 1.29 is 0 Å². The molecule has 0 bridgehead atoms. The fraction of sp³-hybridized carbons (Fsp3) is 0.167. The van der Waals surface area contributed by atoms with Crippen LogP contribution in [0.3, 0.4) is 0 Å². The maximum Gasteiger partial charge on any atom is 0.150 e. The Bertz CT molecular complexity index is 281. The molecule has 0 saturated heterocycles. The quantitative estimate of drug-likeness (QED) is 0.736. The maximum atomic E-state index is 4.16. The zero-order valence-electron chi connectivity index (χ0n) is 6.01. The van der Waals surface area contributed by atoms with Gasteiger partial charge in [-0.1, -0.05) is 16.3 Å². The summed E-state index contributed by atoms with van der Waals surface area (Å²) in [7, 11) is 0. The lowest BCUT2D eigenvalue weighted by molar-refractivity contribution is 1.15. The van der Waals surface area contributed by atoms with Crippen LogP contribution >= 0.6 is 34.6 Å². The Balaban J connectivity index is 1.91. The standard InChI is InChI=1S/C6H5N3S3/c1-2-10-6(7-1)11-4-5-3-8-9-12-5/h1-3H,4H2. The van der Waals surface area contributed by atoms with Gasteiger partial charge in [-0.05, 0) is 11.5 Å². The molecular formula is C6H5N3S3. The van der Waals surface area contributed by atoms with Crippen molar-refractivity contribution in [3.05, 3.63) is 22.7 Å². The van der Waals surface area contributed by atoms with Crippen LogP contribution in [0.2, 0.25) is 0 Å². The van der Waals surface area contributed by atoms with E-state index in [4.69, 9.17) is 0 Å². The summed E-state index contributed by atoms with van der Waals surface area (Å²) in [6, 6.07) is 0. The molecule has 0 fully saturated rings. The molecule has 0 aliphatic heterocycles. The van der Waals surface area contributed by atoms with E-state index >= 15 is 0 Å². The molecule has 2 rings (SSSR count). The van der Waals surface area contributed by atoms with Crippen LogP contribution in [0.15, 0.2) is 22.1 Å². The third kappa shape index (κ3) is 2.02. The Morgan fingerprint density at radius 2 is 2.50 bits per heavy atom. The number of nitrogens with zero attached hydrogens (tertiary/aromatic N) is 3. The van der Waals surface area contributed by atoms with Gasteiger partial charge in [-0.25, -0.2) is 4.98 Å². The van der Waals surface area contributed by atoms with E-state index in [9.17, 15) is 0 Å². The van der Waals surface area contributed by atoms with Crippen LogP contribution in [0, 0.1) is 0 Å². The Morgan fingerprint density at radius 3 is 3.17 bits per heavy atom. The first-order chi connectivity index (χ1) is 5.95. The third-order valence-electron chi connectivity index (χ3n) is 1.15. The first-order valence-electron chi connectivity index (χ1n) is 3.23. The van der Waals surface area contributed by atoms with Crippen molar-refractivity contribution in [2.45, 2.75) is 10.1 Å². The molecule has 0 N–H and O–H groups in total. The van der Waals surface area contributed by atoms with Crippen LogP contribution < -0.4 is 0 Å². The lowest BCUT2D eigenvalue weighted by Crippen LogP contribution is -1.71.